The Balaban J connectivity index is 2.61. The zero-order valence-corrected chi connectivity index (χ0v) is 11.0. The summed E-state index contributed by atoms with van der Waals surface area (Å²) in [7, 11) is 0. The molecule has 0 aliphatic carbocycles. The summed E-state index contributed by atoms with van der Waals surface area (Å²) in [6, 6.07) is 4.34. The van der Waals surface area contributed by atoms with Crippen molar-refractivity contribution in [3.63, 3.8) is 0 Å². The monoisotopic (exact) mass is 301 g/mol. The number of carbonyl (C=O) groups is 1. The molecule has 1 aromatic carbocycles. The molecule has 0 bridgehead atoms. The van der Waals surface area contributed by atoms with Gasteiger partial charge in [0, 0.05) is 12.6 Å². The molecule has 0 radical (unpaired) electrons. The van der Waals surface area contributed by atoms with Gasteiger partial charge in [-0.15, -0.1) is 6.58 Å². The molecule has 0 aliphatic rings. The van der Waals surface area contributed by atoms with E-state index in [1.807, 2.05) is 0 Å². The first kappa shape index (κ1) is 13.7. The van der Waals surface area contributed by atoms with Crippen LogP contribution >= 0.6 is 15.9 Å². The molecule has 0 saturated carbocycles. The fourth-order valence-corrected chi connectivity index (χ4v) is 1.37. The molecule has 0 spiro atoms. The third-order valence-corrected chi connectivity index (χ3v) is 2.64. The van der Waals surface area contributed by atoms with Crippen LogP contribution in [0.15, 0.2) is 35.3 Å². The first-order valence-corrected chi connectivity index (χ1v) is 5.84. The van der Waals surface area contributed by atoms with E-state index in [1.54, 1.807) is 19.1 Å². The minimum atomic E-state index is -0.685. The van der Waals surface area contributed by atoms with Gasteiger partial charge in [-0.3, -0.25) is 4.79 Å². The summed E-state index contributed by atoms with van der Waals surface area (Å²) in [6.07, 6.45) is 0.889. The molecule has 1 rings (SSSR count). The molecule has 1 unspecified atom stereocenters. The lowest BCUT2D eigenvalue weighted by molar-refractivity contribution is -0.127. The number of hydrogen-bond acceptors (Lipinski definition) is 2. The number of rotatable bonds is 5. The third-order valence-electron chi connectivity index (χ3n) is 1.99. The lowest BCUT2D eigenvalue weighted by Crippen LogP contribution is -2.36. The Bertz CT molecular complexity index is 423. The number of amides is 1. The maximum absolute atomic E-state index is 13.2. The number of ether oxygens (including phenoxy) is 1. The topological polar surface area (TPSA) is 38.3 Å². The molecule has 0 aliphatic heterocycles. The van der Waals surface area contributed by atoms with Crippen molar-refractivity contribution in [1.82, 2.24) is 5.32 Å². The number of halogens is 2. The average Bonchev–Trinajstić information content (AvgIpc) is 2.30. The molecule has 0 aromatic heterocycles. The highest BCUT2D eigenvalue weighted by Gasteiger charge is 2.14. The normalized spacial score (nSPS) is 11.7. The SMILES string of the molecule is C=CCNC(=O)C(C)Oc1ccc(Br)c(F)c1. The summed E-state index contributed by atoms with van der Waals surface area (Å²) in [5, 5.41) is 2.59. The molecule has 3 nitrogen and oxygen atoms in total. The van der Waals surface area contributed by atoms with Crippen molar-refractivity contribution < 1.29 is 13.9 Å². The van der Waals surface area contributed by atoms with Gasteiger partial charge >= 0.3 is 0 Å². The van der Waals surface area contributed by atoms with Crippen molar-refractivity contribution in [2.45, 2.75) is 13.0 Å². The highest BCUT2D eigenvalue weighted by Crippen LogP contribution is 2.21. The minimum Gasteiger partial charge on any atom is -0.481 e. The molecule has 5 heteroatoms. The van der Waals surface area contributed by atoms with E-state index in [0.717, 1.165) is 0 Å². The molecule has 1 atom stereocenters. The second-order valence-corrected chi connectivity index (χ2v) is 4.22. The lowest BCUT2D eigenvalue weighted by Gasteiger charge is -2.14. The molecule has 0 fully saturated rings. The van der Waals surface area contributed by atoms with Crippen LogP contribution in [0.3, 0.4) is 0 Å². The van der Waals surface area contributed by atoms with E-state index in [-0.39, 0.29) is 5.91 Å². The van der Waals surface area contributed by atoms with Crippen LogP contribution in [0.25, 0.3) is 0 Å². The van der Waals surface area contributed by atoms with Crippen molar-refractivity contribution in [1.29, 1.82) is 0 Å². The number of hydrogen-bond donors (Lipinski definition) is 1. The second-order valence-electron chi connectivity index (χ2n) is 3.37. The van der Waals surface area contributed by atoms with E-state index in [1.165, 1.54) is 12.1 Å². The number of nitrogens with one attached hydrogen (secondary N) is 1. The van der Waals surface area contributed by atoms with Crippen LogP contribution in [0.1, 0.15) is 6.92 Å². The first-order valence-electron chi connectivity index (χ1n) is 5.05. The van der Waals surface area contributed by atoms with Crippen molar-refractivity contribution in [2.75, 3.05) is 6.54 Å². The van der Waals surface area contributed by atoms with Gasteiger partial charge < -0.3 is 10.1 Å². The van der Waals surface area contributed by atoms with E-state index < -0.39 is 11.9 Å². The molecular weight excluding hydrogens is 289 g/mol. The largest absolute Gasteiger partial charge is 0.481 e. The molecule has 92 valence electrons. The lowest BCUT2D eigenvalue weighted by atomic mass is 10.3. The highest BCUT2D eigenvalue weighted by atomic mass is 79.9. The van der Waals surface area contributed by atoms with Gasteiger partial charge in [-0.1, -0.05) is 6.08 Å². The summed E-state index contributed by atoms with van der Waals surface area (Å²) in [4.78, 5) is 11.5. The van der Waals surface area contributed by atoms with E-state index in [4.69, 9.17) is 4.74 Å². The standard InChI is InChI=1S/C12H13BrFNO2/c1-3-6-15-12(16)8(2)17-9-4-5-10(13)11(14)7-9/h3-5,7-8H,1,6H2,2H3,(H,15,16). The Labute approximate surface area is 108 Å². The third kappa shape index (κ3) is 4.19. The minimum absolute atomic E-state index is 0.270. The molecule has 17 heavy (non-hydrogen) atoms. The average molecular weight is 302 g/mol. The van der Waals surface area contributed by atoms with Gasteiger partial charge in [0.2, 0.25) is 0 Å². The van der Waals surface area contributed by atoms with Gasteiger partial charge in [0.15, 0.2) is 6.10 Å². The Morgan fingerprint density at radius 2 is 2.41 bits per heavy atom. The molecule has 0 heterocycles. The maximum Gasteiger partial charge on any atom is 0.261 e. The van der Waals surface area contributed by atoms with Gasteiger partial charge in [-0.25, -0.2) is 4.39 Å². The zero-order valence-electron chi connectivity index (χ0n) is 9.37. The van der Waals surface area contributed by atoms with E-state index in [0.29, 0.717) is 16.8 Å². The molecule has 0 saturated heterocycles. The summed E-state index contributed by atoms with van der Waals surface area (Å²) in [6.45, 7) is 5.46. The van der Waals surface area contributed by atoms with Crippen molar-refractivity contribution >= 4 is 21.8 Å². The van der Waals surface area contributed by atoms with Crippen molar-refractivity contribution in [3.8, 4) is 5.75 Å². The van der Waals surface area contributed by atoms with Gasteiger partial charge in [-0.05, 0) is 35.0 Å². The highest BCUT2D eigenvalue weighted by molar-refractivity contribution is 9.10. The maximum atomic E-state index is 13.2. The number of carbonyl (C=O) groups excluding carboxylic acids is 1. The van der Waals surface area contributed by atoms with Crippen LogP contribution in [-0.2, 0) is 4.79 Å². The quantitative estimate of drug-likeness (QED) is 0.849. The van der Waals surface area contributed by atoms with Crippen molar-refractivity contribution in [2.24, 2.45) is 0 Å². The molecule has 1 N–H and O–H groups in total. The first-order chi connectivity index (χ1) is 8.04. The van der Waals surface area contributed by atoms with Crippen LogP contribution in [0, 0.1) is 5.82 Å². The summed E-state index contributed by atoms with van der Waals surface area (Å²) in [5.74, 6) is -0.388. The van der Waals surface area contributed by atoms with Crippen molar-refractivity contribution in [3.05, 3.63) is 41.1 Å². The smallest absolute Gasteiger partial charge is 0.261 e. The predicted octanol–water partition coefficient (Wildman–Crippen LogP) is 2.66. The van der Waals surface area contributed by atoms with Crippen LogP contribution < -0.4 is 10.1 Å². The van der Waals surface area contributed by atoms with Gasteiger partial charge in [-0.2, -0.15) is 0 Å². The van der Waals surface area contributed by atoms with Gasteiger partial charge in [0.1, 0.15) is 11.6 Å². The fraction of sp³-hybridized carbons (Fsp3) is 0.250. The summed E-state index contributed by atoms with van der Waals surface area (Å²) >= 11 is 3.04. The van der Waals surface area contributed by atoms with Gasteiger partial charge in [0.25, 0.3) is 5.91 Å². The Kier molecular flexibility index (Phi) is 5.15. The zero-order chi connectivity index (χ0) is 12.8. The molecular formula is C12H13BrFNO2. The predicted molar refractivity (Wildman–Crippen MR) is 67.4 cm³/mol. The van der Waals surface area contributed by atoms with Crippen LogP contribution in [0.2, 0.25) is 0 Å². The molecule has 1 aromatic rings. The molecule has 1 amide bonds. The van der Waals surface area contributed by atoms with Gasteiger partial charge in [0.05, 0.1) is 4.47 Å². The van der Waals surface area contributed by atoms with E-state index in [9.17, 15) is 9.18 Å². The van der Waals surface area contributed by atoms with E-state index in [2.05, 4.69) is 27.8 Å². The van der Waals surface area contributed by atoms with E-state index >= 15 is 0 Å². The summed E-state index contributed by atoms with van der Waals surface area (Å²) in [5.41, 5.74) is 0. The summed E-state index contributed by atoms with van der Waals surface area (Å²) < 4.78 is 18.8. The number of benzene rings is 1. The Morgan fingerprint density at radius 1 is 1.71 bits per heavy atom. The van der Waals surface area contributed by atoms with Crippen LogP contribution in [0.5, 0.6) is 5.75 Å². The van der Waals surface area contributed by atoms with Crippen LogP contribution in [0.4, 0.5) is 4.39 Å². The Hall–Kier alpha value is -1.36. The second kappa shape index (κ2) is 6.39. The Morgan fingerprint density at radius 3 is 3.00 bits per heavy atom. The fourth-order valence-electron chi connectivity index (χ4n) is 1.12. The van der Waals surface area contributed by atoms with Crippen LogP contribution in [-0.4, -0.2) is 18.6 Å².